The minimum Gasteiger partial charge on any atom is -0.493 e. The van der Waals surface area contributed by atoms with Crippen LogP contribution >= 0.6 is 0 Å². The molecule has 0 radical (unpaired) electrons. The van der Waals surface area contributed by atoms with Crippen LogP contribution in [0.4, 0.5) is 0 Å². The minimum atomic E-state index is -0.391. The Balaban J connectivity index is 1.59. The zero-order valence-corrected chi connectivity index (χ0v) is 14.9. The fraction of sp³-hybridized carbons (Fsp3) is 0.471. The summed E-state index contributed by atoms with van der Waals surface area (Å²) in [6.07, 6.45) is 0. The molecule has 140 valence electrons. The summed E-state index contributed by atoms with van der Waals surface area (Å²) in [6.45, 7) is 4.47. The van der Waals surface area contributed by atoms with Crippen LogP contribution in [0, 0.1) is 0 Å². The Labute approximate surface area is 151 Å². The summed E-state index contributed by atoms with van der Waals surface area (Å²) in [5.74, 6) is 0.991. The number of ether oxygens (including phenoxy) is 3. The van der Waals surface area contributed by atoms with Crippen molar-refractivity contribution in [1.82, 2.24) is 20.4 Å². The van der Waals surface area contributed by atoms with Crippen LogP contribution in [0.2, 0.25) is 0 Å². The van der Waals surface area contributed by atoms with Gasteiger partial charge in [-0.3, -0.25) is 9.69 Å². The normalized spacial score (nSPS) is 14.8. The number of carbonyl (C=O) groups is 1. The van der Waals surface area contributed by atoms with E-state index < -0.39 is 5.91 Å². The van der Waals surface area contributed by atoms with E-state index in [-0.39, 0.29) is 5.89 Å². The second kappa shape index (κ2) is 8.63. The second-order valence-electron chi connectivity index (χ2n) is 5.70. The molecule has 1 aliphatic rings. The summed E-state index contributed by atoms with van der Waals surface area (Å²) in [6, 6.07) is 5.24. The number of carbonyl (C=O) groups excluding carboxylic acids is 1. The van der Waals surface area contributed by atoms with Crippen molar-refractivity contribution < 1.29 is 23.5 Å². The number of amides is 1. The predicted octanol–water partition coefficient (Wildman–Crippen LogP) is 0.816. The Kier molecular flexibility index (Phi) is 6.03. The highest BCUT2D eigenvalue weighted by atomic mass is 16.5. The molecule has 1 aromatic carbocycles. The molecule has 1 saturated heterocycles. The maximum Gasteiger partial charge on any atom is 0.316 e. The lowest BCUT2D eigenvalue weighted by Gasteiger charge is -2.26. The van der Waals surface area contributed by atoms with E-state index in [1.54, 1.807) is 32.4 Å². The van der Waals surface area contributed by atoms with Gasteiger partial charge in [0.25, 0.3) is 0 Å². The Morgan fingerprint density at radius 3 is 2.73 bits per heavy atom. The lowest BCUT2D eigenvalue weighted by Crippen LogP contribution is -2.41. The van der Waals surface area contributed by atoms with Crippen LogP contribution in [0.5, 0.6) is 11.5 Å². The fourth-order valence-electron chi connectivity index (χ4n) is 2.64. The van der Waals surface area contributed by atoms with Crippen molar-refractivity contribution in [2.45, 2.75) is 0 Å². The maximum atomic E-state index is 12.2. The van der Waals surface area contributed by atoms with Crippen molar-refractivity contribution in [2.24, 2.45) is 0 Å². The third-order valence-electron chi connectivity index (χ3n) is 4.08. The zero-order valence-electron chi connectivity index (χ0n) is 14.9. The number of rotatable bonds is 7. The number of hydrogen-bond acceptors (Lipinski definition) is 8. The van der Waals surface area contributed by atoms with Crippen molar-refractivity contribution >= 4 is 5.91 Å². The van der Waals surface area contributed by atoms with E-state index in [2.05, 4.69) is 20.4 Å². The van der Waals surface area contributed by atoms with Gasteiger partial charge in [-0.25, -0.2) is 0 Å². The first-order chi connectivity index (χ1) is 12.7. The van der Waals surface area contributed by atoms with Gasteiger partial charge < -0.3 is 24.1 Å². The summed E-state index contributed by atoms with van der Waals surface area (Å²) in [5.41, 5.74) is 0.666. The van der Waals surface area contributed by atoms with Crippen molar-refractivity contribution in [2.75, 3.05) is 53.6 Å². The molecule has 9 heteroatoms. The van der Waals surface area contributed by atoms with Crippen LogP contribution in [0.1, 0.15) is 10.7 Å². The van der Waals surface area contributed by atoms with E-state index >= 15 is 0 Å². The topological polar surface area (TPSA) is 99.0 Å². The molecular formula is C17H22N4O5. The monoisotopic (exact) mass is 362 g/mol. The number of benzene rings is 1. The summed E-state index contributed by atoms with van der Waals surface area (Å²) >= 11 is 0. The van der Waals surface area contributed by atoms with Gasteiger partial charge in [0.15, 0.2) is 11.5 Å². The van der Waals surface area contributed by atoms with Crippen LogP contribution in [-0.2, 0) is 4.74 Å². The molecular weight excluding hydrogens is 340 g/mol. The van der Waals surface area contributed by atoms with E-state index in [0.29, 0.717) is 29.4 Å². The average molecular weight is 362 g/mol. The molecule has 0 aliphatic carbocycles. The standard InChI is InChI=1S/C17H22N4O5/c1-23-13-4-3-12(11-14(13)24-2)15-19-17(26-20-15)16(22)18-5-6-21-7-9-25-10-8-21/h3-4,11H,5-10H2,1-2H3,(H,18,22). The average Bonchev–Trinajstić information content (AvgIpc) is 3.18. The number of morpholine rings is 1. The molecule has 3 rings (SSSR count). The van der Waals surface area contributed by atoms with Crippen LogP contribution in [0.3, 0.4) is 0 Å². The predicted molar refractivity (Wildman–Crippen MR) is 92.4 cm³/mol. The van der Waals surface area contributed by atoms with Gasteiger partial charge in [0.1, 0.15) is 0 Å². The summed E-state index contributed by atoms with van der Waals surface area (Å²) in [7, 11) is 3.11. The molecule has 2 aromatic rings. The number of aromatic nitrogens is 2. The second-order valence-corrected chi connectivity index (χ2v) is 5.70. The minimum absolute atomic E-state index is 0.0724. The number of methoxy groups -OCH3 is 2. The smallest absolute Gasteiger partial charge is 0.316 e. The number of nitrogens with one attached hydrogen (secondary N) is 1. The number of hydrogen-bond donors (Lipinski definition) is 1. The molecule has 1 aliphatic heterocycles. The van der Waals surface area contributed by atoms with Crippen molar-refractivity contribution in [3.63, 3.8) is 0 Å². The molecule has 1 amide bonds. The highest BCUT2D eigenvalue weighted by Gasteiger charge is 2.18. The molecule has 1 aromatic heterocycles. The Morgan fingerprint density at radius 2 is 2.00 bits per heavy atom. The highest BCUT2D eigenvalue weighted by Crippen LogP contribution is 2.31. The molecule has 0 atom stereocenters. The highest BCUT2D eigenvalue weighted by molar-refractivity contribution is 5.89. The third-order valence-corrected chi connectivity index (χ3v) is 4.08. The fourth-order valence-corrected chi connectivity index (χ4v) is 2.64. The Hall–Kier alpha value is -2.65. The van der Waals surface area contributed by atoms with E-state index in [9.17, 15) is 4.79 Å². The summed E-state index contributed by atoms with van der Waals surface area (Å²) in [4.78, 5) is 18.5. The van der Waals surface area contributed by atoms with Gasteiger partial charge in [0, 0.05) is 31.7 Å². The van der Waals surface area contributed by atoms with Crippen molar-refractivity contribution in [3.8, 4) is 22.9 Å². The largest absolute Gasteiger partial charge is 0.493 e. The molecule has 26 heavy (non-hydrogen) atoms. The molecule has 0 spiro atoms. The Bertz CT molecular complexity index is 743. The van der Waals surface area contributed by atoms with Gasteiger partial charge in [0.05, 0.1) is 27.4 Å². The third kappa shape index (κ3) is 4.30. The van der Waals surface area contributed by atoms with Crippen LogP contribution in [0.25, 0.3) is 11.4 Å². The first kappa shape index (κ1) is 18.2. The lowest BCUT2D eigenvalue weighted by molar-refractivity contribution is 0.0382. The molecule has 9 nitrogen and oxygen atoms in total. The first-order valence-electron chi connectivity index (χ1n) is 8.35. The van der Waals surface area contributed by atoms with Gasteiger partial charge >= 0.3 is 11.8 Å². The van der Waals surface area contributed by atoms with Crippen LogP contribution < -0.4 is 14.8 Å². The van der Waals surface area contributed by atoms with E-state index in [4.69, 9.17) is 18.7 Å². The van der Waals surface area contributed by atoms with Crippen molar-refractivity contribution in [1.29, 1.82) is 0 Å². The van der Waals surface area contributed by atoms with Gasteiger partial charge in [-0.05, 0) is 18.2 Å². The van der Waals surface area contributed by atoms with Gasteiger partial charge in [-0.1, -0.05) is 5.16 Å². The molecule has 1 N–H and O–H groups in total. The molecule has 0 saturated carbocycles. The zero-order chi connectivity index (χ0) is 18.4. The van der Waals surface area contributed by atoms with E-state index in [0.717, 1.165) is 32.8 Å². The Morgan fingerprint density at radius 1 is 1.23 bits per heavy atom. The van der Waals surface area contributed by atoms with Gasteiger partial charge in [-0.2, -0.15) is 4.98 Å². The summed E-state index contributed by atoms with van der Waals surface area (Å²) in [5, 5.41) is 6.66. The van der Waals surface area contributed by atoms with E-state index in [1.807, 2.05) is 0 Å². The number of nitrogens with zero attached hydrogens (tertiary/aromatic N) is 3. The summed E-state index contributed by atoms with van der Waals surface area (Å²) < 4.78 is 20.8. The molecule has 0 bridgehead atoms. The molecule has 1 fully saturated rings. The lowest BCUT2D eigenvalue weighted by atomic mass is 10.2. The van der Waals surface area contributed by atoms with Gasteiger partial charge in [-0.15, -0.1) is 0 Å². The SMILES string of the molecule is COc1ccc(-c2noc(C(=O)NCCN3CCOCC3)n2)cc1OC. The van der Waals surface area contributed by atoms with Crippen LogP contribution in [-0.4, -0.2) is 74.6 Å². The molecule has 2 heterocycles. The van der Waals surface area contributed by atoms with Crippen LogP contribution in [0.15, 0.2) is 22.7 Å². The first-order valence-corrected chi connectivity index (χ1v) is 8.35. The van der Waals surface area contributed by atoms with E-state index in [1.165, 1.54) is 0 Å². The maximum absolute atomic E-state index is 12.2. The molecule has 0 unspecified atom stereocenters. The van der Waals surface area contributed by atoms with Crippen molar-refractivity contribution in [3.05, 3.63) is 24.1 Å². The van der Waals surface area contributed by atoms with Gasteiger partial charge in [0.2, 0.25) is 5.82 Å². The quantitative estimate of drug-likeness (QED) is 0.773.